The Morgan fingerprint density at radius 2 is 1.90 bits per heavy atom. The summed E-state index contributed by atoms with van der Waals surface area (Å²) in [5, 5.41) is 11.8. The van der Waals surface area contributed by atoms with E-state index in [-0.39, 0.29) is 11.9 Å². The number of nitrogens with zero attached hydrogens (tertiary/aromatic N) is 3. The van der Waals surface area contributed by atoms with Crippen LogP contribution in [0.2, 0.25) is 0 Å². The SMILES string of the molecule is CC(C)N(Cc1ccccc1)c1cccc(C(N)=NO)n1. The predicted octanol–water partition coefficient (Wildman–Crippen LogP) is 2.59. The van der Waals surface area contributed by atoms with Crippen molar-refractivity contribution in [2.45, 2.75) is 26.4 Å². The fourth-order valence-electron chi connectivity index (χ4n) is 2.09. The molecule has 5 nitrogen and oxygen atoms in total. The molecule has 0 spiro atoms. The van der Waals surface area contributed by atoms with Crippen LogP contribution in [-0.2, 0) is 6.54 Å². The summed E-state index contributed by atoms with van der Waals surface area (Å²) in [7, 11) is 0. The highest BCUT2D eigenvalue weighted by Gasteiger charge is 2.14. The molecule has 3 N–H and O–H groups in total. The minimum absolute atomic E-state index is 0.0141. The number of benzene rings is 1. The Balaban J connectivity index is 2.30. The largest absolute Gasteiger partial charge is 0.409 e. The van der Waals surface area contributed by atoms with E-state index >= 15 is 0 Å². The summed E-state index contributed by atoms with van der Waals surface area (Å²) in [6.07, 6.45) is 0. The van der Waals surface area contributed by atoms with E-state index in [1.54, 1.807) is 6.07 Å². The smallest absolute Gasteiger partial charge is 0.188 e. The number of oxime groups is 1. The van der Waals surface area contributed by atoms with Crippen molar-refractivity contribution < 1.29 is 5.21 Å². The summed E-state index contributed by atoms with van der Waals surface area (Å²) < 4.78 is 0. The molecule has 0 unspecified atom stereocenters. The van der Waals surface area contributed by atoms with Gasteiger partial charge in [0, 0.05) is 12.6 Å². The normalized spacial score (nSPS) is 11.7. The second-order valence-corrected chi connectivity index (χ2v) is 5.07. The average Bonchev–Trinajstić information content (AvgIpc) is 2.52. The molecule has 5 heteroatoms. The highest BCUT2D eigenvalue weighted by atomic mass is 16.4. The van der Waals surface area contributed by atoms with Crippen LogP contribution in [0.3, 0.4) is 0 Å². The number of hydrogen-bond donors (Lipinski definition) is 2. The van der Waals surface area contributed by atoms with Crippen LogP contribution in [0.25, 0.3) is 0 Å². The monoisotopic (exact) mass is 284 g/mol. The highest BCUT2D eigenvalue weighted by molar-refractivity contribution is 5.95. The minimum Gasteiger partial charge on any atom is -0.409 e. The van der Waals surface area contributed by atoms with Crippen LogP contribution >= 0.6 is 0 Å². The number of rotatable bonds is 5. The van der Waals surface area contributed by atoms with Gasteiger partial charge < -0.3 is 15.8 Å². The van der Waals surface area contributed by atoms with Crippen molar-refractivity contribution in [2.75, 3.05) is 4.90 Å². The maximum Gasteiger partial charge on any atom is 0.188 e. The average molecular weight is 284 g/mol. The fourth-order valence-corrected chi connectivity index (χ4v) is 2.09. The second kappa shape index (κ2) is 6.74. The van der Waals surface area contributed by atoms with Crippen molar-refractivity contribution >= 4 is 11.7 Å². The number of aromatic nitrogens is 1. The molecule has 110 valence electrons. The van der Waals surface area contributed by atoms with Crippen LogP contribution in [0.15, 0.2) is 53.7 Å². The lowest BCUT2D eigenvalue weighted by molar-refractivity contribution is 0.318. The van der Waals surface area contributed by atoms with E-state index in [1.165, 1.54) is 5.56 Å². The number of anilines is 1. The number of amidine groups is 1. The van der Waals surface area contributed by atoms with Gasteiger partial charge in [-0.3, -0.25) is 0 Å². The standard InChI is InChI=1S/C16H20N4O/c1-12(2)20(11-13-7-4-3-5-8-13)15-10-6-9-14(18-15)16(17)19-21/h3-10,12,21H,11H2,1-2H3,(H2,17,19). The van der Waals surface area contributed by atoms with Crippen LogP contribution < -0.4 is 10.6 Å². The second-order valence-electron chi connectivity index (χ2n) is 5.07. The summed E-state index contributed by atoms with van der Waals surface area (Å²) >= 11 is 0. The van der Waals surface area contributed by atoms with Crippen molar-refractivity contribution in [1.82, 2.24) is 4.98 Å². The van der Waals surface area contributed by atoms with E-state index in [9.17, 15) is 0 Å². The first-order valence-corrected chi connectivity index (χ1v) is 6.87. The van der Waals surface area contributed by atoms with Crippen LogP contribution in [0.1, 0.15) is 25.1 Å². The van der Waals surface area contributed by atoms with Crippen LogP contribution in [-0.4, -0.2) is 22.1 Å². The Hall–Kier alpha value is -2.56. The van der Waals surface area contributed by atoms with E-state index in [2.05, 4.69) is 41.0 Å². The third-order valence-electron chi connectivity index (χ3n) is 3.22. The van der Waals surface area contributed by atoms with Gasteiger partial charge in [0.25, 0.3) is 0 Å². The molecular weight excluding hydrogens is 264 g/mol. The van der Waals surface area contributed by atoms with Crippen molar-refractivity contribution in [1.29, 1.82) is 0 Å². The molecule has 2 aromatic rings. The molecule has 0 saturated heterocycles. The Morgan fingerprint density at radius 3 is 2.52 bits per heavy atom. The van der Waals surface area contributed by atoms with E-state index in [0.717, 1.165) is 12.4 Å². The molecule has 1 aromatic heterocycles. The number of pyridine rings is 1. The summed E-state index contributed by atoms with van der Waals surface area (Å²) in [6, 6.07) is 16.0. The lowest BCUT2D eigenvalue weighted by atomic mass is 10.2. The molecule has 0 aliphatic rings. The van der Waals surface area contributed by atoms with Crippen LogP contribution in [0.4, 0.5) is 5.82 Å². The first-order valence-electron chi connectivity index (χ1n) is 6.87. The molecule has 0 aliphatic carbocycles. The first kappa shape index (κ1) is 14.8. The van der Waals surface area contributed by atoms with E-state index in [0.29, 0.717) is 5.69 Å². The molecule has 0 amide bonds. The van der Waals surface area contributed by atoms with Crippen LogP contribution in [0.5, 0.6) is 0 Å². The fraction of sp³-hybridized carbons (Fsp3) is 0.250. The van der Waals surface area contributed by atoms with Crippen LogP contribution in [0, 0.1) is 0 Å². The molecule has 2 rings (SSSR count). The van der Waals surface area contributed by atoms with Gasteiger partial charge in [0.05, 0.1) is 0 Å². The van der Waals surface area contributed by atoms with E-state index < -0.39 is 0 Å². The molecule has 0 fully saturated rings. The molecule has 0 bridgehead atoms. The van der Waals surface area contributed by atoms with Crippen molar-refractivity contribution in [2.24, 2.45) is 10.9 Å². The Labute approximate surface area is 124 Å². The van der Waals surface area contributed by atoms with Gasteiger partial charge in [-0.1, -0.05) is 41.6 Å². The molecule has 0 aliphatic heterocycles. The molecule has 0 saturated carbocycles. The Kier molecular flexibility index (Phi) is 4.77. The molecule has 0 atom stereocenters. The summed E-state index contributed by atoms with van der Waals surface area (Å²) in [6.45, 7) is 4.98. The zero-order valence-electron chi connectivity index (χ0n) is 12.3. The molecule has 1 heterocycles. The predicted molar refractivity (Wildman–Crippen MR) is 84.5 cm³/mol. The molecule has 1 aromatic carbocycles. The summed E-state index contributed by atoms with van der Waals surface area (Å²) in [5.41, 5.74) is 7.29. The zero-order chi connectivity index (χ0) is 15.2. The molecular formula is C16H20N4O. The van der Waals surface area contributed by atoms with Gasteiger partial charge in [-0.05, 0) is 31.5 Å². The molecule has 0 radical (unpaired) electrons. The van der Waals surface area contributed by atoms with Gasteiger partial charge >= 0.3 is 0 Å². The van der Waals surface area contributed by atoms with Crippen molar-refractivity contribution in [3.63, 3.8) is 0 Å². The third-order valence-corrected chi connectivity index (χ3v) is 3.22. The zero-order valence-corrected chi connectivity index (χ0v) is 12.3. The minimum atomic E-state index is 0.0141. The van der Waals surface area contributed by atoms with Gasteiger partial charge in [0.15, 0.2) is 5.84 Å². The van der Waals surface area contributed by atoms with Gasteiger partial charge in [-0.15, -0.1) is 0 Å². The lowest BCUT2D eigenvalue weighted by Crippen LogP contribution is -2.31. The topological polar surface area (TPSA) is 74.7 Å². The van der Waals surface area contributed by atoms with E-state index in [1.807, 2.05) is 30.3 Å². The number of nitrogens with two attached hydrogens (primary N) is 1. The quantitative estimate of drug-likeness (QED) is 0.383. The summed E-state index contributed by atoms with van der Waals surface area (Å²) in [5.74, 6) is 0.818. The van der Waals surface area contributed by atoms with Crippen molar-refractivity contribution in [3.8, 4) is 0 Å². The van der Waals surface area contributed by atoms with Gasteiger partial charge in [-0.25, -0.2) is 4.98 Å². The highest BCUT2D eigenvalue weighted by Crippen LogP contribution is 2.18. The maximum absolute atomic E-state index is 8.77. The molecule has 21 heavy (non-hydrogen) atoms. The van der Waals surface area contributed by atoms with Gasteiger partial charge in [0.2, 0.25) is 0 Å². The Morgan fingerprint density at radius 1 is 1.19 bits per heavy atom. The van der Waals surface area contributed by atoms with Crippen molar-refractivity contribution in [3.05, 3.63) is 59.8 Å². The van der Waals surface area contributed by atoms with E-state index in [4.69, 9.17) is 10.9 Å². The maximum atomic E-state index is 8.77. The Bertz CT molecular complexity index is 611. The summed E-state index contributed by atoms with van der Waals surface area (Å²) in [4.78, 5) is 6.64. The third kappa shape index (κ3) is 3.72. The van der Waals surface area contributed by atoms with Gasteiger partial charge in [-0.2, -0.15) is 0 Å². The number of hydrogen-bond acceptors (Lipinski definition) is 4. The van der Waals surface area contributed by atoms with Gasteiger partial charge in [0.1, 0.15) is 11.5 Å². The lowest BCUT2D eigenvalue weighted by Gasteiger charge is -2.28. The first-order chi connectivity index (χ1) is 10.1.